The third-order valence-corrected chi connectivity index (χ3v) is 4.88. The Morgan fingerprint density at radius 1 is 1.04 bits per heavy atom. The SMILES string of the molecule is NC(=S)Nc1cccc(Cl)c1N1CCN(C(=O)c2ccc(Cl)cc2)CC1. The lowest BCUT2D eigenvalue weighted by molar-refractivity contribution is 0.0747. The van der Waals surface area contributed by atoms with Gasteiger partial charge >= 0.3 is 0 Å². The molecule has 3 rings (SSSR count). The van der Waals surface area contributed by atoms with E-state index in [1.807, 2.05) is 23.1 Å². The lowest BCUT2D eigenvalue weighted by Gasteiger charge is -2.37. The molecular formula is C18H18Cl2N4OS. The van der Waals surface area contributed by atoms with E-state index in [-0.39, 0.29) is 11.0 Å². The number of rotatable bonds is 3. The molecule has 2 aromatic rings. The van der Waals surface area contributed by atoms with E-state index in [4.69, 9.17) is 41.2 Å². The maximum Gasteiger partial charge on any atom is 0.253 e. The Hall–Kier alpha value is -2.02. The van der Waals surface area contributed by atoms with E-state index < -0.39 is 0 Å². The van der Waals surface area contributed by atoms with Crippen molar-refractivity contribution in [3.63, 3.8) is 0 Å². The second-order valence-corrected chi connectivity index (χ2v) is 7.19. The van der Waals surface area contributed by atoms with Gasteiger partial charge in [-0.3, -0.25) is 4.79 Å². The molecule has 0 bridgehead atoms. The van der Waals surface area contributed by atoms with Crippen LogP contribution in [0.25, 0.3) is 0 Å². The maximum absolute atomic E-state index is 12.6. The summed E-state index contributed by atoms with van der Waals surface area (Å²) in [5.74, 6) is 0.00181. The van der Waals surface area contributed by atoms with Crippen molar-refractivity contribution in [2.75, 3.05) is 36.4 Å². The average Bonchev–Trinajstić information content (AvgIpc) is 2.62. The number of para-hydroxylation sites is 1. The summed E-state index contributed by atoms with van der Waals surface area (Å²) in [6, 6.07) is 12.5. The molecule has 5 nitrogen and oxygen atoms in total. The zero-order valence-electron chi connectivity index (χ0n) is 13.9. The number of benzene rings is 2. The lowest BCUT2D eigenvalue weighted by atomic mass is 10.1. The summed E-state index contributed by atoms with van der Waals surface area (Å²) in [6.45, 7) is 2.52. The summed E-state index contributed by atoms with van der Waals surface area (Å²) >= 11 is 17.2. The fourth-order valence-electron chi connectivity index (χ4n) is 2.98. The van der Waals surface area contributed by atoms with E-state index in [0.29, 0.717) is 41.8 Å². The molecule has 26 heavy (non-hydrogen) atoms. The molecule has 2 aromatic carbocycles. The molecule has 0 radical (unpaired) electrons. The van der Waals surface area contributed by atoms with Crippen LogP contribution < -0.4 is 16.0 Å². The minimum absolute atomic E-state index is 0.00181. The molecular weight excluding hydrogens is 391 g/mol. The first-order valence-electron chi connectivity index (χ1n) is 8.10. The predicted octanol–water partition coefficient (Wildman–Crippen LogP) is 3.61. The molecule has 8 heteroatoms. The minimum atomic E-state index is 0.00181. The predicted molar refractivity (Wildman–Crippen MR) is 111 cm³/mol. The van der Waals surface area contributed by atoms with Gasteiger partial charge < -0.3 is 20.9 Å². The number of hydrogen-bond donors (Lipinski definition) is 2. The molecule has 0 spiro atoms. The standard InChI is InChI=1S/C18H18Cl2N4OS/c19-13-6-4-12(5-7-13)17(25)24-10-8-23(9-11-24)16-14(20)2-1-3-15(16)22-18(21)26/h1-7H,8-11H2,(H3,21,22,26). The number of nitrogens with zero attached hydrogens (tertiary/aromatic N) is 2. The van der Waals surface area contributed by atoms with E-state index >= 15 is 0 Å². The monoisotopic (exact) mass is 408 g/mol. The first-order valence-corrected chi connectivity index (χ1v) is 9.27. The fraction of sp³-hybridized carbons (Fsp3) is 0.222. The lowest BCUT2D eigenvalue weighted by Crippen LogP contribution is -2.49. The number of amides is 1. The van der Waals surface area contributed by atoms with E-state index in [9.17, 15) is 4.79 Å². The van der Waals surface area contributed by atoms with Gasteiger partial charge in [-0.05, 0) is 48.6 Å². The Balaban J connectivity index is 1.72. The van der Waals surface area contributed by atoms with Crippen LogP contribution in [0.1, 0.15) is 10.4 Å². The number of halogens is 2. The van der Waals surface area contributed by atoms with Gasteiger partial charge in [0.15, 0.2) is 5.11 Å². The maximum atomic E-state index is 12.6. The summed E-state index contributed by atoms with van der Waals surface area (Å²) in [5, 5.41) is 4.38. The Labute approximate surface area is 167 Å². The van der Waals surface area contributed by atoms with Crippen LogP contribution in [0.3, 0.4) is 0 Å². The number of carbonyl (C=O) groups excluding carboxylic acids is 1. The molecule has 1 heterocycles. The molecule has 0 aromatic heterocycles. The molecule has 1 aliphatic rings. The van der Waals surface area contributed by atoms with Gasteiger partial charge in [0, 0.05) is 36.8 Å². The molecule has 0 atom stereocenters. The quantitative estimate of drug-likeness (QED) is 0.759. The van der Waals surface area contributed by atoms with E-state index in [2.05, 4.69) is 10.2 Å². The van der Waals surface area contributed by atoms with Crippen LogP contribution in [0.2, 0.25) is 10.0 Å². The zero-order chi connectivity index (χ0) is 18.7. The number of hydrogen-bond acceptors (Lipinski definition) is 3. The smallest absolute Gasteiger partial charge is 0.253 e. The van der Waals surface area contributed by atoms with Crippen molar-refractivity contribution in [2.24, 2.45) is 5.73 Å². The molecule has 1 fully saturated rings. The molecule has 0 unspecified atom stereocenters. The first-order chi connectivity index (χ1) is 12.5. The fourth-order valence-corrected chi connectivity index (χ4v) is 3.51. The highest BCUT2D eigenvalue weighted by molar-refractivity contribution is 7.80. The third-order valence-electron chi connectivity index (χ3n) is 4.22. The van der Waals surface area contributed by atoms with E-state index in [0.717, 1.165) is 11.4 Å². The van der Waals surface area contributed by atoms with Crippen molar-refractivity contribution in [1.82, 2.24) is 4.90 Å². The normalized spacial score (nSPS) is 14.2. The Kier molecular flexibility index (Phi) is 5.86. The van der Waals surface area contributed by atoms with Crippen LogP contribution in [-0.4, -0.2) is 42.1 Å². The van der Waals surface area contributed by atoms with Crippen LogP contribution in [0.15, 0.2) is 42.5 Å². The molecule has 1 aliphatic heterocycles. The average molecular weight is 409 g/mol. The highest BCUT2D eigenvalue weighted by Gasteiger charge is 2.25. The summed E-state index contributed by atoms with van der Waals surface area (Å²) in [4.78, 5) is 16.6. The van der Waals surface area contributed by atoms with Gasteiger partial charge in [-0.2, -0.15) is 0 Å². The molecule has 0 saturated carbocycles. The van der Waals surface area contributed by atoms with E-state index in [1.54, 1.807) is 24.3 Å². The highest BCUT2D eigenvalue weighted by Crippen LogP contribution is 2.34. The van der Waals surface area contributed by atoms with Gasteiger partial charge in [0.25, 0.3) is 5.91 Å². The minimum Gasteiger partial charge on any atom is -0.376 e. The van der Waals surface area contributed by atoms with Gasteiger partial charge in [-0.25, -0.2) is 0 Å². The number of anilines is 2. The van der Waals surface area contributed by atoms with Crippen molar-refractivity contribution >= 4 is 57.8 Å². The van der Waals surface area contributed by atoms with Crippen molar-refractivity contribution in [2.45, 2.75) is 0 Å². The summed E-state index contributed by atoms with van der Waals surface area (Å²) in [7, 11) is 0. The molecule has 136 valence electrons. The molecule has 1 amide bonds. The second kappa shape index (κ2) is 8.12. The number of nitrogens with one attached hydrogen (secondary N) is 1. The van der Waals surface area contributed by atoms with Gasteiger partial charge in [-0.15, -0.1) is 0 Å². The van der Waals surface area contributed by atoms with Crippen molar-refractivity contribution in [1.29, 1.82) is 0 Å². The first kappa shape index (κ1) is 18.8. The van der Waals surface area contributed by atoms with Gasteiger partial charge in [0.1, 0.15) is 0 Å². The molecule has 0 aliphatic carbocycles. The van der Waals surface area contributed by atoms with Crippen LogP contribution >= 0.6 is 35.4 Å². The van der Waals surface area contributed by atoms with Gasteiger partial charge in [0.05, 0.1) is 16.4 Å². The zero-order valence-corrected chi connectivity index (χ0v) is 16.2. The van der Waals surface area contributed by atoms with Crippen molar-refractivity contribution in [3.8, 4) is 0 Å². The topological polar surface area (TPSA) is 61.6 Å². The number of thiocarbonyl (C=S) groups is 1. The third kappa shape index (κ3) is 4.20. The molecule has 3 N–H and O–H groups in total. The van der Waals surface area contributed by atoms with Crippen LogP contribution in [-0.2, 0) is 0 Å². The highest BCUT2D eigenvalue weighted by atomic mass is 35.5. The van der Waals surface area contributed by atoms with Crippen LogP contribution in [0, 0.1) is 0 Å². The van der Waals surface area contributed by atoms with Crippen LogP contribution in [0.5, 0.6) is 0 Å². The van der Waals surface area contributed by atoms with Crippen molar-refractivity contribution < 1.29 is 4.79 Å². The van der Waals surface area contributed by atoms with Gasteiger partial charge in [-0.1, -0.05) is 29.3 Å². The largest absolute Gasteiger partial charge is 0.376 e. The number of carbonyl (C=O) groups is 1. The van der Waals surface area contributed by atoms with Crippen LogP contribution in [0.4, 0.5) is 11.4 Å². The summed E-state index contributed by atoms with van der Waals surface area (Å²) < 4.78 is 0. The summed E-state index contributed by atoms with van der Waals surface area (Å²) in [5.41, 5.74) is 7.86. The number of piperazine rings is 1. The van der Waals surface area contributed by atoms with E-state index in [1.165, 1.54) is 0 Å². The van der Waals surface area contributed by atoms with Crippen molar-refractivity contribution in [3.05, 3.63) is 58.1 Å². The Morgan fingerprint density at radius 3 is 2.31 bits per heavy atom. The second-order valence-electron chi connectivity index (χ2n) is 5.91. The Bertz CT molecular complexity index is 820. The summed E-state index contributed by atoms with van der Waals surface area (Å²) in [6.07, 6.45) is 0. The molecule has 1 saturated heterocycles. The van der Waals surface area contributed by atoms with Gasteiger partial charge in [0.2, 0.25) is 0 Å². The Morgan fingerprint density at radius 2 is 1.69 bits per heavy atom. The number of nitrogens with two attached hydrogens (primary N) is 1.